The minimum atomic E-state index is -0.613. The van der Waals surface area contributed by atoms with E-state index in [1.807, 2.05) is 30.4 Å². The smallest absolute Gasteiger partial charge is 0.309 e. The highest BCUT2D eigenvalue weighted by Gasteiger charge is 2.25. The van der Waals surface area contributed by atoms with Crippen molar-refractivity contribution in [1.82, 2.24) is 0 Å². The molecule has 2 atom stereocenters. The number of carbonyl (C=O) groups is 1. The highest BCUT2D eigenvalue weighted by atomic mass is 16.5. The quantitative estimate of drug-likeness (QED) is 0.879. The van der Waals surface area contributed by atoms with Crippen LogP contribution in [0.4, 0.5) is 0 Å². The van der Waals surface area contributed by atoms with Crippen LogP contribution in [0.2, 0.25) is 0 Å². The van der Waals surface area contributed by atoms with Gasteiger partial charge in [-0.2, -0.15) is 0 Å². The Morgan fingerprint density at radius 2 is 1.87 bits per heavy atom. The first-order chi connectivity index (χ1) is 11.1. The summed E-state index contributed by atoms with van der Waals surface area (Å²) in [5.41, 5.74) is 4.57. The number of benzene rings is 2. The normalized spacial score (nSPS) is 21.4. The predicted molar refractivity (Wildman–Crippen MR) is 90.8 cm³/mol. The molecular formula is C20H20O3. The highest BCUT2D eigenvalue weighted by molar-refractivity contribution is 5.76. The fourth-order valence-electron chi connectivity index (χ4n) is 2.78. The summed E-state index contributed by atoms with van der Waals surface area (Å²) in [7, 11) is 0. The molecule has 0 bridgehead atoms. The molecular weight excluding hydrogens is 288 g/mol. The van der Waals surface area contributed by atoms with Crippen molar-refractivity contribution in [2.75, 3.05) is 0 Å². The van der Waals surface area contributed by atoms with Gasteiger partial charge in [0.15, 0.2) is 0 Å². The van der Waals surface area contributed by atoms with Crippen molar-refractivity contribution in [3.63, 3.8) is 0 Å². The van der Waals surface area contributed by atoms with Crippen LogP contribution in [0.25, 0.3) is 17.2 Å². The molecule has 118 valence electrons. The van der Waals surface area contributed by atoms with Gasteiger partial charge in [-0.1, -0.05) is 60.2 Å². The van der Waals surface area contributed by atoms with Crippen LogP contribution in [0.5, 0.6) is 0 Å². The number of aryl methyl sites for hydroxylation is 1. The lowest BCUT2D eigenvalue weighted by atomic mass is 9.97. The molecule has 2 aromatic rings. The van der Waals surface area contributed by atoms with Gasteiger partial charge in [0.1, 0.15) is 6.10 Å². The van der Waals surface area contributed by atoms with Crippen LogP contribution in [-0.2, 0) is 9.53 Å². The lowest BCUT2D eigenvalue weighted by Gasteiger charge is -2.23. The van der Waals surface area contributed by atoms with Gasteiger partial charge < -0.3 is 9.84 Å². The SMILES string of the molecule is Cc1ccc(-c2ccccc2/C=C/C2CC(O)CC(=O)O2)cc1. The number of cyclic esters (lactones) is 1. The molecule has 3 nitrogen and oxygen atoms in total. The Bertz CT molecular complexity index is 716. The van der Waals surface area contributed by atoms with E-state index in [1.54, 1.807) is 0 Å². The Balaban J connectivity index is 1.84. The fourth-order valence-corrected chi connectivity index (χ4v) is 2.78. The molecule has 1 saturated heterocycles. The van der Waals surface area contributed by atoms with Gasteiger partial charge in [-0.25, -0.2) is 0 Å². The minimum Gasteiger partial charge on any atom is -0.458 e. The molecule has 0 aromatic heterocycles. The number of hydrogen-bond donors (Lipinski definition) is 1. The molecule has 1 fully saturated rings. The molecule has 3 rings (SSSR count). The largest absolute Gasteiger partial charge is 0.458 e. The number of rotatable bonds is 3. The third-order valence-electron chi connectivity index (χ3n) is 4.00. The molecule has 2 unspecified atom stereocenters. The second-order valence-corrected chi connectivity index (χ2v) is 5.93. The molecule has 2 aromatic carbocycles. The summed E-state index contributed by atoms with van der Waals surface area (Å²) in [5, 5.41) is 9.67. The van der Waals surface area contributed by atoms with Crippen LogP contribution in [0, 0.1) is 6.92 Å². The van der Waals surface area contributed by atoms with Crippen molar-refractivity contribution < 1.29 is 14.6 Å². The summed E-state index contributed by atoms with van der Waals surface area (Å²) in [6.45, 7) is 2.07. The van der Waals surface area contributed by atoms with Gasteiger partial charge in [0, 0.05) is 6.42 Å². The van der Waals surface area contributed by atoms with Crippen LogP contribution in [0.15, 0.2) is 54.6 Å². The van der Waals surface area contributed by atoms with E-state index in [1.165, 1.54) is 5.56 Å². The van der Waals surface area contributed by atoms with Gasteiger partial charge in [-0.3, -0.25) is 4.79 Å². The van der Waals surface area contributed by atoms with Crippen molar-refractivity contribution in [2.45, 2.75) is 32.0 Å². The van der Waals surface area contributed by atoms with E-state index < -0.39 is 6.10 Å². The van der Waals surface area contributed by atoms with Gasteiger partial charge >= 0.3 is 5.97 Å². The molecule has 1 N–H and O–H groups in total. The second-order valence-electron chi connectivity index (χ2n) is 5.93. The topological polar surface area (TPSA) is 46.5 Å². The van der Waals surface area contributed by atoms with Gasteiger partial charge in [0.05, 0.1) is 12.5 Å². The van der Waals surface area contributed by atoms with Crippen LogP contribution >= 0.6 is 0 Å². The van der Waals surface area contributed by atoms with Crippen LogP contribution in [0.1, 0.15) is 24.0 Å². The number of aliphatic hydroxyl groups excluding tert-OH is 1. The molecule has 0 aliphatic carbocycles. The van der Waals surface area contributed by atoms with Crippen molar-refractivity contribution in [3.05, 3.63) is 65.7 Å². The fraction of sp³-hybridized carbons (Fsp3) is 0.250. The zero-order chi connectivity index (χ0) is 16.2. The lowest BCUT2D eigenvalue weighted by Crippen LogP contribution is -2.31. The zero-order valence-electron chi connectivity index (χ0n) is 13.1. The van der Waals surface area contributed by atoms with Crippen molar-refractivity contribution in [3.8, 4) is 11.1 Å². The molecule has 3 heteroatoms. The Hall–Kier alpha value is -2.39. The average molecular weight is 308 g/mol. The molecule has 0 amide bonds. The highest BCUT2D eigenvalue weighted by Crippen LogP contribution is 2.26. The first-order valence-corrected chi connectivity index (χ1v) is 7.83. The standard InChI is InChI=1S/C20H20O3/c1-14-6-8-16(9-7-14)19-5-3-2-4-15(19)10-11-18-12-17(21)13-20(22)23-18/h2-11,17-18,21H,12-13H2,1H3/b11-10+. The van der Waals surface area contributed by atoms with E-state index >= 15 is 0 Å². The maximum atomic E-state index is 11.4. The molecule has 0 spiro atoms. The number of esters is 1. The number of carbonyl (C=O) groups excluding carboxylic acids is 1. The number of hydrogen-bond acceptors (Lipinski definition) is 3. The van der Waals surface area contributed by atoms with E-state index in [0.717, 1.165) is 16.7 Å². The maximum absolute atomic E-state index is 11.4. The van der Waals surface area contributed by atoms with Gasteiger partial charge in [-0.15, -0.1) is 0 Å². The van der Waals surface area contributed by atoms with Crippen molar-refractivity contribution in [1.29, 1.82) is 0 Å². The van der Waals surface area contributed by atoms with E-state index in [9.17, 15) is 9.90 Å². The Morgan fingerprint density at radius 1 is 1.13 bits per heavy atom. The van der Waals surface area contributed by atoms with Crippen LogP contribution in [0.3, 0.4) is 0 Å². The van der Waals surface area contributed by atoms with E-state index in [0.29, 0.717) is 6.42 Å². The summed E-state index contributed by atoms with van der Waals surface area (Å²) in [4.78, 5) is 11.4. The first-order valence-electron chi connectivity index (χ1n) is 7.83. The Labute approximate surface area is 136 Å². The number of ether oxygens (including phenoxy) is 1. The molecule has 0 radical (unpaired) electrons. The minimum absolute atomic E-state index is 0.0876. The van der Waals surface area contributed by atoms with Crippen LogP contribution in [-0.4, -0.2) is 23.3 Å². The summed E-state index contributed by atoms with van der Waals surface area (Å²) >= 11 is 0. The van der Waals surface area contributed by atoms with E-state index in [-0.39, 0.29) is 18.5 Å². The van der Waals surface area contributed by atoms with Gasteiger partial charge in [0.2, 0.25) is 0 Å². The maximum Gasteiger partial charge on any atom is 0.309 e. The molecule has 1 aliphatic rings. The third kappa shape index (κ3) is 3.88. The summed E-state index contributed by atoms with van der Waals surface area (Å²) < 4.78 is 5.25. The lowest BCUT2D eigenvalue weighted by molar-refractivity contribution is -0.156. The summed E-state index contributed by atoms with van der Waals surface area (Å²) in [5.74, 6) is -0.342. The predicted octanol–water partition coefficient (Wildman–Crippen LogP) is 3.74. The monoisotopic (exact) mass is 308 g/mol. The van der Waals surface area contributed by atoms with Crippen molar-refractivity contribution in [2.24, 2.45) is 0 Å². The van der Waals surface area contributed by atoms with Crippen molar-refractivity contribution >= 4 is 12.0 Å². The van der Waals surface area contributed by atoms with Gasteiger partial charge in [0.25, 0.3) is 0 Å². The summed E-state index contributed by atoms with van der Waals surface area (Å²) in [6, 6.07) is 16.5. The Kier molecular flexibility index (Phi) is 4.58. The third-order valence-corrected chi connectivity index (χ3v) is 4.00. The molecule has 1 heterocycles. The van der Waals surface area contributed by atoms with Gasteiger partial charge in [-0.05, 0) is 29.7 Å². The summed E-state index contributed by atoms with van der Waals surface area (Å²) in [6.07, 6.45) is 3.38. The molecule has 0 saturated carbocycles. The molecule has 1 aliphatic heterocycles. The van der Waals surface area contributed by atoms with E-state index in [2.05, 4.69) is 37.3 Å². The van der Waals surface area contributed by atoms with E-state index in [4.69, 9.17) is 4.74 Å². The van der Waals surface area contributed by atoms with Crippen LogP contribution < -0.4 is 0 Å². The Morgan fingerprint density at radius 3 is 2.61 bits per heavy atom. The number of aliphatic hydroxyl groups is 1. The first kappa shape index (κ1) is 15.5. The second kappa shape index (κ2) is 6.80. The average Bonchev–Trinajstić information content (AvgIpc) is 2.53. The zero-order valence-corrected chi connectivity index (χ0v) is 13.1. The molecule has 23 heavy (non-hydrogen) atoms.